The SMILES string of the molecule is CC1CN(CC(=O)N2CC(C)(C)c3ccc(Cl)cc32)CCN1C(=O)OC(C)(C)C. The molecule has 0 spiro atoms. The number of nitrogens with zero attached hydrogens (tertiary/aromatic N) is 3. The van der Waals surface area contributed by atoms with Gasteiger partial charge < -0.3 is 14.5 Å². The van der Waals surface area contributed by atoms with Crippen molar-refractivity contribution in [3.8, 4) is 0 Å². The Hall–Kier alpha value is -1.79. The Bertz CT molecular complexity index is 803. The molecule has 0 aromatic heterocycles. The molecule has 7 heteroatoms. The highest BCUT2D eigenvalue weighted by molar-refractivity contribution is 6.31. The van der Waals surface area contributed by atoms with Crippen LogP contribution in [-0.2, 0) is 14.9 Å². The van der Waals surface area contributed by atoms with Gasteiger partial charge in [-0.3, -0.25) is 9.69 Å². The summed E-state index contributed by atoms with van der Waals surface area (Å²) in [5.41, 5.74) is 1.45. The van der Waals surface area contributed by atoms with Crippen LogP contribution in [-0.4, -0.2) is 66.2 Å². The van der Waals surface area contributed by atoms with Crippen LogP contribution < -0.4 is 4.90 Å². The van der Waals surface area contributed by atoms with E-state index >= 15 is 0 Å². The van der Waals surface area contributed by atoms with Crippen molar-refractivity contribution in [2.24, 2.45) is 0 Å². The molecule has 2 aliphatic heterocycles. The highest BCUT2D eigenvalue weighted by Crippen LogP contribution is 2.41. The summed E-state index contributed by atoms with van der Waals surface area (Å²) in [7, 11) is 0. The Labute approximate surface area is 178 Å². The first-order chi connectivity index (χ1) is 13.4. The minimum atomic E-state index is -0.513. The second-order valence-electron chi connectivity index (χ2n) is 9.78. The molecule has 1 unspecified atom stereocenters. The van der Waals surface area contributed by atoms with Crippen molar-refractivity contribution in [2.75, 3.05) is 37.6 Å². The topological polar surface area (TPSA) is 53.1 Å². The molecule has 2 amide bonds. The van der Waals surface area contributed by atoms with Crippen molar-refractivity contribution >= 4 is 29.3 Å². The summed E-state index contributed by atoms with van der Waals surface area (Å²) in [5, 5.41) is 0.638. The molecule has 1 saturated heterocycles. The molecular formula is C22H32ClN3O3. The molecule has 3 rings (SSSR count). The van der Waals surface area contributed by atoms with Gasteiger partial charge >= 0.3 is 6.09 Å². The average molecular weight is 422 g/mol. The third kappa shape index (κ3) is 4.86. The number of carbonyl (C=O) groups excluding carboxylic acids is 2. The summed E-state index contributed by atoms with van der Waals surface area (Å²) in [4.78, 5) is 31.2. The van der Waals surface area contributed by atoms with E-state index in [1.165, 1.54) is 0 Å². The van der Waals surface area contributed by atoms with Gasteiger partial charge in [-0.15, -0.1) is 0 Å². The van der Waals surface area contributed by atoms with Gasteiger partial charge in [0.2, 0.25) is 5.91 Å². The van der Waals surface area contributed by atoms with E-state index in [-0.39, 0.29) is 23.5 Å². The first kappa shape index (κ1) is 21.9. The van der Waals surface area contributed by atoms with Crippen LogP contribution in [0.25, 0.3) is 0 Å². The highest BCUT2D eigenvalue weighted by atomic mass is 35.5. The van der Waals surface area contributed by atoms with E-state index in [9.17, 15) is 9.59 Å². The summed E-state index contributed by atoms with van der Waals surface area (Å²) in [6, 6.07) is 5.77. The molecule has 0 bridgehead atoms. The molecular weight excluding hydrogens is 390 g/mol. The predicted octanol–water partition coefficient (Wildman–Crippen LogP) is 3.91. The first-order valence-electron chi connectivity index (χ1n) is 10.2. The van der Waals surface area contributed by atoms with Crippen molar-refractivity contribution in [1.29, 1.82) is 0 Å². The lowest BCUT2D eigenvalue weighted by atomic mass is 9.87. The van der Waals surface area contributed by atoms with E-state index in [1.54, 1.807) is 4.90 Å². The van der Waals surface area contributed by atoms with Crippen LogP contribution in [0.1, 0.15) is 47.1 Å². The van der Waals surface area contributed by atoms with Crippen LogP contribution >= 0.6 is 11.6 Å². The molecule has 1 atom stereocenters. The Kier molecular flexibility index (Phi) is 5.89. The molecule has 2 heterocycles. The zero-order valence-corrected chi connectivity index (χ0v) is 19.0. The Balaban J connectivity index is 1.63. The fourth-order valence-corrected chi connectivity index (χ4v) is 4.30. The standard InChI is InChI=1S/C22H32ClN3O3/c1-15-12-24(9-10-25(15)20(28)29-21(2,3)4)13-19(27)26-14-22(5,6)17-8-7-16(23)11-18(17)26/h7-8,11,15H,9-10,12-14H2,1-6H3. The highest BCUT2D eigenvalue weighted by Gasteiger charge is 2.39. The van der Waals surface area contributed by atoms with Crippen LogP contribution in [0.15, 0.2) is 18.2 Å². The van der Waals surface area contributed by atoms with E-state index in [1.807, 2.05) is 50.8 Å². The number of fused-ring (bicyclic) bond motifs is 1. The number of rotatable bonds is 2. The van der Waals surface area contributed by atoms with Crippen LogP contribution in [0.5, 0.6) is 0 Å². The number of carbonyl (C=O) groups is 2. The van der Waals surface area contributed by atoms with E-state index in [4.69, 9.17) is 16.3 Å². The predicted molar refractivity (Wildman–Crippen MR) is 116 cm³/mol. The van der Waals surface area contributed by atoms with Gasteiger partial charge in [-0.05, 0) is 45.4 Å². The van der Waals surface area contributed by atoms with Crippen molar-refractivity contribution in [1.82, 2.24) is 9.80 Å². The number of halogens is 1. The minimum Gasteiger partial charge on any atom is -0.444 e. The van der Waals surface area contributed by atoms with Crippen LogP contribution in [0.2, 0.25) is 5.02 Å². The fraction of sp³-hybridized carbons (Fsp3) is 0.636. The quantitative estimate of drug-likeness (QED) is 0.726. The Morgan fingerprint density at radius 2 is 1.93 bits per heavy atom. The van der Waals surface area contributed by atoms with Gasteiger partial charge in [0.15, 0.2) is 0 Å². The number of hydrogen-bond donors (Lipinski definition) is 0. The van der Waals surface area contributed by atoms with E-state index in [2.05, 4.69) is 18.7 Å². The van der Waals surface area contributed by atoms with Gasteiger partial charge in [0.05, 0.1) is 6.54 Å². The van der Waals surface area contributed by atoms with Crippen molar-refractivity contribution in [2.45, 2.75) is 58.6 Å². The molecule has 0 saturated carbocycles. The summed E-state index contributed by atoms with van der Waals surface area (Å²) < 4.78 is 5.50. The van der Waals surface area contributed by atoms with Crippen LogP contribution in [0.4, 0.5) is 10.5 Å². The number of anilines is 1. The molecule has 6 nitrogen and oxygen atoms in total. The summed E-state index contributed by atoms with van der Waals surface area (Å²) in [6.45, 7) is 14.7. The van der Waals surface area contributed by atoms with Crippen LogP contribution in [0.3, 0.4) is 0 Å². The van der Waals surface area contributed by atoms with E-state index in [0.717, 1.165) is 11.3 Å². The molecule has 1 aromatic rings. The van der Waals surface area contributed by atoms with Gasteiger partial charge in [-0.2, -0.15) is 0 Å². The minimum absolute atomic E-state index is 0.0110. The number of hydrogen-bond acceptors (Lipinski definition) is 4. The molecule has 1 fully saturated rings. The second-order valence-corrected chi connectivity index (χ2v) is 10.2. The first-order valence-corrected chi connectivity index (χ1v) is 10.6. The van der Waals surface area contributed by atoms with Crippen molar-refractivity contribution < 1.29 is 14.3 Å². The van der Waals surface area contributed by atoms with Crippen molar-refractivity contribution in [3.05, 3.63) is 28.8 Å². The molecule has 0 aliphatic carbocycles. The summed E-state index contributed by atoms with van der Waals surface area (Å²) >= 11 is 6.19. The number of ether oxygens (including phenoxy) is 1. The second kappa shape index (κ2) is 7.80. The largest absolute Gasteiger partial charge is 0.444 e. The van der Waals surface area contributed by atoms with Gasteiger partial charge in [0.1, 0.15) is 5.60 Å². The fourth-order valence-electron chi connectivity index (χ4n) is 4.13. The summed E-state index contributed by atoms with van der Waals surface area (Å²) in [5.74, 6) is 0.0667. The number of amides is 2. The molecule has 29 heavy (non-hydrogen) atoms. The molecule has 160 valence electrons. The molecule has 0 radical (unpaired) electrons. The molecule has 2 aliphatic rings. The average Bonchev–Trinajstić information content (AvgIpc) is 2.84. The Morgan fingerprint density at radius 3 is 2.55 bits per heavy atom. The third-order valence-corrected chi connectivity index (χ3v) is 5.77. The maximum absolute atomic E-state index is 13.1. The van der Waals surface area contributed by atoms with Crippen LogP contribution in [0, 0.1) is 0 Å². The zero-order chi connectivity index (χ0) is 21.6. The van der Waals surface area contributed by atoms with Gasteiger partial charge in [-0.1, -0.05) is 31.5 Å². The number of benzene rings is 1. The zero-order valence-electron chi connectivity index (χ0n) is 18.3. The maximum atomic E-state index is 13.1. The van der Waals surface area contributed by atoms with Gasteiger partial charge in [-0.25, -0.2) is 4.79 Å². The third-order valence-electron chi connectivity index (χ3n) is 5.53. The smallest absolute Gasteiger partial charge is 0.410 e. The van der Waals surface area contributed by atoms with Crippen molar-refractivity contribution in [3.63, 3.8) is 0 Å². The van der Waals surface area contributed by atoms with E-state index in [0.29, 0.717) is 37.7 Å². The molecule has 0 N–H and O–H groups in total. The normalized spacial score (nSPS) is 21.8. The Morgan fingerprint density at radius 1 is 1.24 bits per heavy atom. The van der Waals surface area contributed by atoms with Gasteiger partial charge in [0, 0.05) is 48.3 Å². The lowest BCUT2D eigenvalue weighted by Gasteiger charge is -2.40. The molecule has 1 aromatic carbocycles. The lowest BCUT2D eigenvalue weighted by Crippen LogP contribution is -2.56. The number of piperazine rings is 1. The lowest BCUT2D eigenvalue weighted by molar-refractivity contribution is -0.120. The maximum Gasteiger partial charge on any atom is 0.410 e. The summed E-state index contributed by atoms with van der Waals surface area (Å²) in [6.07, 6.45) is -0.291. The van der Waals surface area contributed by atoms with Gasteiger partial charge in [0.25, 0.3) is 0 Å². The monoisotopic (exact) mass is 421 g/mol. The van der Waals surface area contributed by atoms with E-state index < -0.39 is 5.60 Å².